The molecule has 0 aliphatic rings. The first kappa shape index (κ1) is 21.3. The number of aliphatic hydroxyl groups is 1. The molecule has 0 aliphatic heterocycles. The zero-order chi connectivity index (χ0) is 20.2. The molecule has 148 valence electrons. The number of carbonyl (C=O) groups is 1. The fourth-order valence-electron chi connectivity index (χ4n) is 2.49. The standard InChI is InChI=1S/C22H25NO5/c1-3-13-28-20-10-9-17(14-21(20)26-2)11-12-23-22(25)19(24)16-27-15-18-7-5-4-6-8-18/h1,4-10,14,19,24H,11-13,15-16H2,2H3,(H,23,25)/t19-/m1/s1. The lowest BCUT2D eigenvalue weighted by atomic mass is 10.1. The average Bonchev–Trinajstić information content (AvgIpc) is 2.73. The molecule has 2 aromatic carbocycles. The first-order chi connectivity index (χ1) is 13.6. The van der Waals surface area contributed by atoms with Gasteiger partial charge in [0.2, 0.25) is 0 Å². The van der Waals surface area contributed by atoms with Gasteiger partial charge in [0, 0.05) is 6.54 Å². The maximum absolute atomic E-state index is 12.0. The van der Waals surface area contributed by atoms with Crippen LogP contribution < -0.4 is 14.8 Å². The highest BCUT2D eigenvalue weighted by atomic mass is 16.5. The van der Waals surface area contributed by atoms with E-state index in [1.165, 1.54) is 0 Å². The molecule has 0 spiro atoms. The number of methoxy groups -OCH3 is 1. The number of terminal acetylenes is 1. The summed E-state index contributed by atoms with van der Waals surface area (Å²) in [6.45, 7) is 0.827. The summed E-state index contributed by atoms with van der Waals surface area (Å²) in [7, 11) is 1.55. The number of ether oxygens (including phenoxy) is 3. The number of hydrogen-bond donors (Lipinski definition) is 2. The van der Waals surface area contributed by atoms with E-state index < -0.39 is 12.0 Å². The molecular formula is C22H25NO5. The van der Waals surface area contributed by atoms with Crippen LogP contribution in [0.5, 0.6) is 11.5 Å². The SMILES string of the molecule is C#CCOc1ccc(CCNC(=O)[C@H](O)COCc2ccccc2)cc1OC. The molecule has 0 heterocycles. The van der Waals surface area contributed by atoms with Crippen LogP contribution in [0, 0.1) is 12.3 Å². The van der Waals surface area contributed by atoms with Crippen LogP contribution in [0.15, 0.2) is 48.5 Å². The van der Waals surface area contributed by atoms with Gasteiger partial charge in [-0.05, 0) is 29.7 Å². The molecule has 2 rings (SSSR count). The second-order valence-corrected chi connectivity index (χ2v) is 6.04. The molecule has 2 N–H and O–H groups in total. The summed E-state index contributed by atoms with van der Waals surface area (Å²) in [5.41, 5.74) is 1.94. The van der Waals surface area contributed by atoms with Crippen LogP contribution in [0.3, 0.4) is 0 Å². The van der Waals surface area contributed by atoms with Gasteiger partial charge in [0.15, 0.2) is 17.6 Å². The molecule has 1 atom stereocenters. The third kappa shape index (κ3) is 6.95. The van der Waals surface area contributed by atoms with E-state index in [2.05, 4.69) is 11.2 Å². The van der Waals surface area contributed by atoms with Crippen molar-refractivity contribution >= 4 is 5.91 Å². The van der Waals surface area contributed by atoms with Gasteiger partial charge in [0.05, 0.1) is 20.3 Å². The third-order valence-electron chi connectivity index (χ3n) is 3.94. The first-order valence-corrected chi connectivity index (χ1v) is 8.94. The Morgan fingerprint density at radius 1 is 1.18 bits per heavy atom. The van der Waals surface area contributed by atoms with E-state index >= 15 is 0 Å². The van der Waals surface area contributed by atoms with E-state index in [1.54, 1.807) is 13.2 Å². The van der Waals surface area contributed by atoms with Crippen LogP contribution in [0.25, 0.3) is 0 Å². The van der Waals surface area contributed by atoms with Crippen LogP contribution >= 0.6 is 0 Å². The van der Waals surface area contributed by atoms with Crippen molar-refractivity contribution in [2.45, 2.75) is 19.1 Å². The summed E-state index contributed by atoms with van der Waals surface area (Å²) >= 11 is 0. The molecular weight excluding hydrogens is 358 g/mol. The van der Waals surface area contributed by atoms with Crippen molar-refractivity contribution in [3.63, 3.8) is 0 Å². The van der Waals surface area contributed by atoms with Gasteiger partial charge in [0.25, 0.3) is 5.91 Å². The Bertz CT molecular complexity index is 785. The minimum atomic E-state index is -1.21. The molecule has 6 heteroatoms. The van der Waals surface area contributed by atoms with Crippen molar-refractivity contribution in [3.05, 3.63) is 59.7 Å². The maximum atomic E-state index is 12.0. The van der Waals surface area contributed by atoms with Crippen LogP contribution in [0.4, 0.5) is 0 Å². The molecule has 0 saturated carbocycles. The number of carbonyl (C=O) groups excluding carboxylic acids is 1. The molecule has 1 amide bonds. The van der Waals surface area contributed by atoms with Gasteiger partial charge in [0.1, 0.15) is 6.61 Å². The van der Waals surface area contributed by atoms with E-state index in [1.807, 2.05) is 42.5 Å². The molecule has 2 aromatic rings. The van der Waals surface area contributed by atoms with Crippen molar-refractivity contribution in [2.24, 2.45) is 0 Å². The summed E-state index contributed by atoms with van der Waals surface area (Å²) in [6.07, 6.45) is 4.56. The monoisotopic (exact) mass is 383 g/mol. The first-order valence-electron chi connectivity index (χ1n) is 8.94. The van der Waals surface area contributed by atoms with Gasteiger partial charge >= 0.3 is 0 Å². The van der Waals surface area contributed by atoms with Gasteiger partial charge in [-0.25, -0.2) is 0 Å². The smallest absolute Gasteiger partial charge is 0.251 e. The predicted molar refractivity (Wildman–Crippen MR) is 106 cm³/mol. The second kappa shape index (κ2) is 11.7. The van der Waals surface area contributed by atoms with Crippen LogP contribution in [-0.2, 0) is 22.6 Å². The summed E-state index contributed by atoms with van der Waals surface area (Å²) in [5, 5.41) is 12.6. The Hall–Kier alpha value is -3.01. The molecule has 0 bridgehead atoms. The van der Waals surface area contributed by atoms with Crippen LogP contribution in [0.2, 0.25) is 0 Å². The molecule has 28 heavy (non-hydrogen) atoms. The molecule has 0 saturated heterocycles. The Labute approximate surface area is 165 Å². The number of rotatable bonds is 11. The molecule has 0 fully saturated rings. The lowest BCUT2D eigenvalue weighted by Gasteiger charge is -2.13. The highest BCUT2D eigenvalue weighted by Gasteiger charge is 2.14. The van der Waals surface area contributed by atoms with Gasteiger partial charge in [-0.2, -0.15) is 0 Å². The fourth-order valence-corrected chi connectivity index (χ4v) is 2.49. The number of nitrogens with one attached hydrogen (secondary N) is 1. The van der Waals surface area contributed by atoms with Crippen molar-refractivity contribution < 1.29 is 24.1 Å². The third-order valence-corrected chi connectivity index (χ3v) is 3.94. The molecule has 6 nitrogen and oxygen atoms in total. The number of amides is 1. The Morgan fingerprint density at radius 3 is 2.68 bits per heavy atom. The van der Waals surface area contributed by atoms with Crippen LogP contribution in [0.1, 0.15) is 11.1 Å². The molecule has 0 aliphatic carbocycles. The van der Waals surface area contributed by atoms with Gasteiger partial charge < -0.3 is 24.6 Å². The van der Waals surface area contributed by atoms with E-state index in [0.717, 1.165) is 11.1 Å². The average molecular weight is 383 g/mol. The molecule has 0 aromatic heterocycles. The van der Waals surface area contributed by atoms with Crippen molar-refractivity contribution in [3.8, 4) is 23.8 Å². The fraction of sp³-hybridized carbons (Fsp3) is 0.318. The summed E-state index contributed by atoms with van der Waals surface area (Å²) in [5.74, 6) is 3.09. The van der Waals surface area contributed by atoms with E-state index in [9.17, 15) is 9.90 Å². The van der Waals surface area contributed by atoms with Gasteiger partial charge in [-0.15, -0.1) is 6.42 Å². The number of benzene rings is 2. The van der Waals surface area contributed by atoms with Gasteiger partial charge in [-0.3, -0.25) is 4.79 Å². The summed E-state index contributed by atoms with van der Waals surface area (Å²) in [6, 6.07) is 15.1. The van der Waals surface area contributed by atoms with Crippen LogP contribution in [-0.4, -0.2) is 44.0 Å². The van der Waals surface area contributed by atoms with E-state index in [-0.39, 0.29) is 13.2 Å². The zero-order valence-corrected chi connectivity index (χ0v) is 15.9. The summed E-state index contributed by atoms with van der Waals surface area (Å²) in [4.78, 5) is 12.0. The minimum Gasteiger partial charge on any atom is -0.493 e. The lowest BCUT2D eigenvalue weighted by molar-refractivity contribution is -0.132. The molecule has 0 radical (unpaired) electrons. The Kier molecular flexibility index (Phi) is 8.86. The minimum absolute atomic E-state index is 0.0598. The Balaban J connectivity index is 1.72. The molecule has 0 unspecified atom stereocenters. The van der Waals surface area contributed by atoms with E-state index in [4.69, 9.17) is 20.6 Å². The second-order valence-electron chi connectivity index (χ2n) is 6.04. The topological polar surface area (TPSA) is 77.0 Å². The number of hydrogen-bond acceptors (Lipinski definition) is 5. The summed E-state index contributed by atoms with van der Waals surface area (Å²) < 4.78 is 16.1. The van der Waals surface area contributed by atoms with Crippen molar-refractivity contribution in [1.29, 1.82) is 0 Å². The highest BCUT2D eigenvalue weighted by Crippen LogP contribution is 2.28. The lowest BCUT2D eigenvalue weighted by Crippen LogP contribution is -2.38. The Morgan fingerprint density at radius 2 is 1.96 bits per heavy atom. The normalized spacial score (nSPS) is 11.3. The quantitative estimate of drug-likeness (QED) is 0.580. The van der Waals surface area contributed by atoms with E-state index in [0.29, 0.717) is 31.1 Å². The zero-order valence-electron chi connectivity index (χ0n) is 15.9. The van der Waals surface area contributed by atoms with Gasteiger partial charge in [-0.1, -0.05) is 42.3 Å². The number of aliphatic hydroxyl groups excluding tert-OH is 1. The largest absolute Gasteiger partial charge is 0.493 e. The van der Waals surface area contributed by atoms with Crippen molar-refractivity contribution in [2.75, 3.05) is 26.9 Å². The highest BCUT2D eigenvalue weighted by molar-refractivity contribution is 5.80. The predicted octanol–water partition coefficient (Wildman–Crippen LogP) is 1.94. The maximum Gasteiger partial charge on any atom is 0.251 e. The van der Waals surface area contributed by atoms with Crippen molar-refractivity contribution in [1.82, 2.24) is 5.32 Å².